The maximum atomic E-state index is 14.0. The topological polar surface area (TPSA) is 79.9 Å². The van der Waals surface area contributed by atoms with E-state index in [4.69, 9.17) is 9.72 Å². The van der Waals surface area contributed by atoms with E-state index in [2.05, 4.69) is 28.3 Å². The van der Waals surface area contributed by atoms with Gasteiger partial charge in [-0.15, -0.1) is 0 Å². The molecular formula is C32H37FN4O2. The monoisotopic (exact) mass is 528 g/mol. The van der Waals surface area contributed by atoms with E-state index in [0.717, 1.165) is 79.1 Å². The van der Waals surface area contributed by atoms with Crippen molar-refractivity contribution in [2.24, 2.45) is 5.92 Å². The number of carbonyl (C=O) groups is 1. The molecule has 0 aliphatic heterocycles. The van der Waals surface area contributed by atoms with Crippen molar-refractivity contribution in [2.45, 2.75) is 82.3 Å². The fourth-order valence-corrected chi connectivity index (χ4v) is 6.74. The third-order valence-corrected chi connectivity index (χ3v) is 9.19. The number of aromatic amines is 1. The quantitative estimate of drug-likeness (QED) is 0.282. The Kier molecular flexibility index (Phi) is 7.34. The van der Waals surface area contributed by atoms with E-state index < -0.39 is 0 Å². The number of H-pyrrole nitrogens is 1. The smallest absolute Gasteiger partial charge is 0.251 e. The molecule has 2 aromatic heterocycles. The van der Waals surface area contributed by atoms with Crippen LogP contribution in [0.15, 0.2) is 48.7 Å². The summed E-state index contributed by atoms with van der Waals surface area (Å²) in [5.41, 5.74) is 4.54. The van der Waals surface area contributed by atoms with Crippen molar-refractivity contribution in [3.05, 3.63) is 71.4 Å². The van der Waals surface area contributed by atoms with Crippen molar-refractivity contribution < 1.29 is 13.9 Å². The zero-order valence-corrected chi connectivity index (χ0v) is 22.8. The first kappa shape index (κ1) is 25.9. The number of carbonyl (C=O) groups excluding carboxylic acids is 1. The van der Waals surface area contributed by atoms with Crippen molar-refractivity contribution in [1.82, 2.24) is 20.3 Å². The zero-order valence-electron chi connectivity index (χ0n) is 22.8. The number of nitrogens with zero attached hydrogens (tertiary/aromatic N) is 2. The number of rotatable bonds is 6. The molecule has 0 radical (unpaired) electrons. The number of hydrogen-bond donors (Lipinski definition) is 2. The van der Waals surface area contributed by atoms with Crippen LogP contribution in [-0.4, -0.2) is 40.1 Å². The average Bonchev–Trinajstić information content (AvgIpc) is 3.40. The fourth-order valence-electron chi connectivity index (χ4n) is 6.74. The Morgan fingerprint density at radius 1 is 1.00 bits per heavy atom. The number of pyridine rings is 1. The first-order valence-corrected chi connectivity index (χ1v) is 14.4. The third kappa shape index (κ3) is 5.42. The maximum Gasteiger partial charge on any atom is 0.251 e. The van der Waals surface area contributed by atoms with Gasteiger partial charge in [-0.2, -0.15) is 0 Å². The minimum absolute atomic E-state index is 0.0304. The minimum atomic E-state index is -0.209. The number of methoxy groups -OCH3 is 1. The molecule has 2 aromatic carbocycles. The van der Waals surface area contributed by atoms with Crippen LogP contribution < -0.4 is 5.32 Å². The van der Waals surface area contributed by atoms with E-state index in [9.17, 15) is 9.18 Å². The summed E-state index contributed by atoms with van der Waals surface area (Å²) in [4.78, 5) is 25.8. The fraction of sp³-hybridized carbons (Fsp3) is 0.469. The van der Waals surface area contributed by atoms with Crippen LogP contribution in [0.3, 0.4) is 0 Å². The van der Waals surface area contributed by atoms with Crippen LogP contribution >= 0.6 is 0 Å². The first-order chi connectivity index (χ1) is 19.0. The van der Waals surface area contributed by atoms with E-state index in [1.807, 2.05) is 24.4 Å². The second-order valence-electron chi connectivity index (χ2n) is 11.5. The molecule has 2 aliphatic carbocycles. The van der Waals surface area contributed by atoms with E-state index in [1.165, 1.54) is 11.6 Å². The van der Waals surface area contributed by atoms with Crippen LogP contribution in [0.1, 0.15) is 91.9 Å². The Labute approximate surface area is 228 Å². The normalized spacial score (nSPS) is 24.6. The van der Waals surface area contributed by atoms with Crippen LogP contribution in [0.4, 0.5) is 4.39 Å². The molecule has 1 amide bonds. The van der Waals surface area contributed by atoms with Crippen LogP contribution in [0.5, 0.6) is 0 Å². The number of hydrogen-bond acceptors (Lipinski definition) is 4. The molecule has 39 heavy (non-hydrogen) atoms. The SMILES string of the molecule is COC1CCC(NC(=O)c2ccc3[nH]c(C(C)[C@H]4CC[C@@H](c5ccnc6ccc(F)cc65)CC4)nc3c2)CC1. The van der Waals surface area contributed by atoms with Gasteiger partial charge in [0.05, 0.1) is 22.7 Å². The zero-order chi connectivity index (χ0) is 26.9. The molecule has 2 heterocycles. The van der Waals surface area contributed by atoms with Gasteiger partial charge in [-0.05, 0) is 111 Å². The Morgan fingerprint density at radius 2 is 1.79 bits per heavy atom. The lowest BCUT2D eigenvalue weighted by Gasteiger charge is -2.32. The standard InChI is InChI=1S/C32H37FN4O2/c1-19(20-3-5-21(6-4-20)26-15-16-34-28-14-8-23(33)18-27(26)28)31-36-29-13-7-22(17-30(29)37-31)32(38)35-24-9-11-25(39-2)12-10-24/h7-8,13-21,24-25H,3-6,9-12H2,1-2H3,(H,35,38)(H,36,37)/t19?,20-,21+,24?,25?. The van der Waals surface area contributed by atoms with Crippen LogP contribution in [0, 0.1) is 11.7 Å². The predicted molar refractivity (Wildman–Crippen MR) is 151 cm³/mol. The summed E-state index contributed by atoms with van der Waals surface area (Å²) in [7, 11) is 1.76. The Balaban J connectivity index is 1.10. The van der Waals surface area contributed by atoms with Crippen molar-refractivity contribution in [1.29, 1.82) is 0 Å². The summed E-state index contributed by atoms with van der Waals surface area (Å²) < 4.78 is 19.4. The number of benzene rings is 2. The second kappa shape index (κ2) is 11.0. The van der Waals surface area contributed by atoms with Crippen molar-refractivity contribution in [3.63, 3.8) is 0 Å². The largest absolute Gasteiger partial charge is 0.381 e. The molecular weight excluding hydrogens is 491 g/mol. The summed E-state index contributed by atoms with van der Waals surface area (Å²) in [6, 6.07) is 12.9. The number of amides is 1. The van der Waals surface area contributed by atoms with E-state index in [0.29, 0.717) is 29.4 Å². The molecule has 6 rings (SSSR count). The highest BCUT2D eigenvalue weighted by Crippen LogP contribution is 2.43. The molecule has 1 unspecified atom stereocenters. The molecule has 7 heteroatoms. The maximum absolute atomic E-state index is 14.0. The molecule has 6 nitrogen and oxygen atoms in total. The molecule has 0 saturated heterocycles. The Hall–Kier alpha value is -3.32. The van der Waals surface area contributed by atoms with Crippen LogP contribution in [0.25, 0.3) is 21.9 Å². The first-order valence-electron chi connectivity index (χ1n) is 14.4. The highest BCUT2D eigenvalue weighted by Gasteiger charge is 2.29. The van der Waals surface area contributed by atoms with Gasteiger partial charge in [0.2, 0.25) is 0 Å². The number of halogens is 1. The molecule has 2 aliphatic rings. The number of ether oxygens (including phenoxy) is 1. The van der Waals surface area contributed by atoms with E-state index in [-0.39, 0.29) is 17.8 Å². The predicted octanol–water partition coefficient (Wildman–Crippen LogP) is 7.02. The summed E-state index contributed by atoms with van der Waals surface area (Å²) in [6.45, 7) is 2.25. The third-order valence-electron chi connectivity index (χ3n) is 9.19. The lowest BCUT2D eigenvalue weighted by Crippen LogP contribution is -2.38. The lowest BCUT2D eigenvalue weighted by atomic mass is 9.73. The van der Waals surface area contributed by atoms with Gasteiger partial charge in [0.15, 0.2) is 0 Å². The second-order valence-corrected chi connectivity index (χ2v) is 11.5. The minimum Gasteiger partial charge on any atom is -0.381 e. The molecule has 1 atom stereocenters. The van der Waals surface area contributed by atoms with Gasteiger partial charge in [0, 0.05) is 36.2 Å². The molecule has 2 N–H and O–H groups in total. The van der Waals surface area contributed by atoms with Gasteiger partial charge in [0.1, 0.15) is 11.6 Å². The molecule has 0 spiro atoms. The molecule has 0 bridgehead atoms. The Bertz CT molecular complexity index is 1470. The van der Waals surface area contributed by atoms with Gasteiger partial charge < -0.3 is 15.0 Å². The highest BCUT2D eigenvalue weighted by atomic mass is 19.1. The summed E-state index contributed by atoms with van der Waals surface area (Å²) in [5.74, 6) is 1.98. The van der Waals surface area contributed by atoms with Crippen molar-refractivity contribution in [3.8, 4) is 0 Å². The van der Waals surface area contributed by atoms with Gasteiger partial charge >= 0.3 is 0 Å². The average molecular weight is 529 g/mol. The molecule has 2 saturated carbocycles. The van der Waals surface area contributed by atoms with Crippen LogP contribution in [-0.2, 0) is 4.74 Å². The number of imidazole rings is 1. The Morgan fingerprint density at radius 3 is 2.56 bits per heavy atom. The van der Waals surface area contributed by atoms with Gasteiger partial charge in [-0.25, -0.2) is 9.37 Å². The summed E-state index contributed by atoms with van der Waals surface area (Å²) >= 11 is 0. The van der Waals surface area contributed by atoms with Crippen molar-refractivity contribution in [2.75, 3.05) is 7.11 Å². The number of fused-ring (bicyclic) bond motifs is 2. The number of nitrogens with one attached hydrogen (secondary N) is 2. The summed E-state index contributed by atoms with van der Waals surface area (Å²) in [5, 5.41) is 4.14. The molecule has 4 aromatic rings. The molecule has 2 fully saturated rings. The highest BCUT2D eigenvalue weighted by molar-refractivity contribution is 5.97. The van der Waals surface area contributed by atoms with E-state index >= 15 is 0 Å². The van der Waals surface area contributed by atoms with Gasteiger partial charge in [-0.3, -0.25) is 9.78 Å². The lowest BCUT2D eigenvalue weighted by molar-refractivity contribution is 0.0599. The number of aromatic nitrogens is 3. The van der Waals surface area contributed by atoms with Gasteiger partial charge in [0.25, 0.3) is 5.91 Å². The molecule has 204 valence electrons. The van der Waals surface area contributed by atoms with Crippen molar-refractivity contribution >= 4 is 27.8 Å². The van der Waals surface area contributed by atoms with Gasteiger partial charge in [-0.1, -0.05) is 6.92 Å². The summed E-state index contributed by atoms with van der Waals surface area (Å²) in [6.07, 6.45) is 10.4. The van der Waals surface area contributed by atoms with Crippen LogP contribution in [0.2, 0.25) is 0 Å². The van der Waals surface area contributed by atoms with E-state index in [1.54, 1.807) is 19.2 Å².